The van der Waals surface area contributed by atoms with Crippen molar-refractivity contribution in [1.29, 1.82) is 0 Å². The van der Waals surface area contributed by atoms with Crippen molar-refractivity contribution in [2.45, 2.75) is 11.3 Å². The largest absolute Gasteiger partial charge is 0.363 e. The minimum absolute atomic E-state index is 0.0874. The van der Waals surface area contributed by atoms with Gasteiger partial charge in [0.25, 0.3) is 0 Å². The van der Waals surface area contributed by atoms with Crippen molar-refractivity contribution in [3.05, 3.63) is 11.1 Å². The van der Waals surface area contributed by atoms with Crippen LogP contribution in [0.2, 0.25) is 0 Å². The van der Waals surface area contributed by atoms with E-state index in [1.165, 1.54) is 34.4 Å². The Hall–Kier alpha value is -1.19. The maximum absolute atomic E-state index is 11.6. The van der Waals surface area contributed by atoms with Crippen molar-refractivity contribution < 1.29 is 4.79 Å². The molecule has 0 unspecified atom stereocenters. The van der Waals surface area contributed by atoms with Crippen LogP contribution in [0.1, 0.15) is 5.69 Å². The number of amides is 1. The Balaban J connectivity index is 1.81. The Kier molecular flexibility index (Phi) is 4.50. The normalized spacial score (nSPS) is 10.3. The number of thiazole rings is 1. The Morgan fingerprint density at radius 2 is 2.28 bits per heavy atom. The van der Waals surface area contributed by atoms with Gasteiger partial charge in [-0.05, 0) is 6.92 Å². The number of hydrogen-bond donors (Lipinski definition) is 2. The Labute approximate surface area is 116 Å². The molecule has 0 fully saturated rings. The van der Waals surface area contributed by atoms with Gasteiger partial charge in [-0.1, -0.05) is 23.1 Å². The minimum atomic E-state index is -0.0874. The van der Waals surface area contributed by atoms with E-state index < -0.39 is 0 Å². The third-order valence-corrected chi connectivity index (χ3v) is 4.76. The van der Waals surface area contributed by atoms with Gasteiger partial charge in [-0.3, -0.25) is 4.79 Å². The fraction of sp³-hybridized carbons (Fsp3) is 0.333. The maximum atomic E-state index is 11.6. The van der Waals surface area contributed by atoms with Crippen molar-refractivity contribution in [1.82, 2.24) is 15.2 Å². The molecule has 6 nitrogen and oxygen atoms in total. The second-order valence-electron chi connectivity index (χ2n) is 3.25. The number of aryl methyl sites for hydroxylation is 1. The molecule has 2 aromatic heterocycles. The van der Waals surface area contributed by atoms with Gasteiger partial charge < -0.3 is 10.6 Å². The Morgan fingerprint density at radius 1 is 1.44 bits per heavy atom. The third-order valence-electron chi connectivity index (χ3n) is 1.81. The fourth-order valence-electron chi connectivity index (χ4n) is 1.06. The SMILES string of the molecule is CNc1nnc(SCC(=O)Nc2nc(C)cs2)s1. The van der Waals surface area contributed by atoms with Gasteiger partial charge in [-0.15, -0.1) is 21.5 Å². The summed E-state index contributed by atoms with van der Waals surface area (Å²) in [6.07, 6.45) is 0. The van der Waals surface area contributed by atoms with Crippen LogP contribution in [-0.4, -0.2) is 33.9 Å². The van der Waals surface area contributed by atoms with Crippen LogP contribution in [0, 0.1) is 6.92 Å². The van der Waals surface area contributed by atoms with Crippen LogP contribution in [0.4, 0.5) is 10.3 Å². The van der Waals surface area contributed by atoms with E-state index >= 15 is 0 Å². The molecule has 0 radical (unpaired) electrons. The first kappa shape index (κ1) is 13.2. The number of carbonyl (C=O) groups is 1. The van der Waals surface area contributed by atoms with E-state index in [1.807, 2.05) is 12.3 Å². The number of carbonyl (C=O) groups excluding carboxylic acids is 1. The second kappa shape index (κ2) is 6.12. The van der Waals surface area contributed by atoms with Gasteiger partial charge in [0.15, 0.2) is 9.47 Å². The summed E-state index contributed by atoms with van der Waals surface area (Å²) in [6.45, 7) is 1.89. The standard InChI is InChI=1S/C9H11N5OS3/c1-5-3-16-8(11-5)12-6(15)4-17-9-14-13-7(10-2)18-9/h3H,4H2,1-2H3,(H,10,13)(H,11,12,15). The number of rotatable bonds is 5. The van der Waals surface area contributed by atoms with Crippen LogP contribution in [0.15, 0.2) is 9.72 Å². The van der Waals surface area contributed by atoms with E-state index in [4.69, 9.17) is 0 Å². The summed E-state index contributed by atoms with van der Waals surface area (Å²) in [5, 5.41) is 16.8. The van der Waals surface area contributed by atoms with Crippen molar-refractivity contribution in [3.63, 3.8) is 0 Å². The molecule has 2 N–H and O–H groups in total. The lowest BCUT2D eigenvalue weighted by molar-refractivity contribution is -0.113. The molecule has 9 heteroatoms. The van der Waals surface area contributed by atoms with Crippen LogP contribution < -0.4 is 10.6 Å². The Morgan fingerprint density at radius 3 is 2.89 bits per heavy atom. The third kappa shape index (κ3) is 3.65. The summed E-state index contributed by atoms with van der Waals surface area (Å²) in [5.41, 5.74) is 0.908. The average molecular weight is 301 g/mol. The number of thioether (sulfide) groups is 1. The second-order valence-corrected chi connectivity index (χ2v) is 6.31. The van der Waals surface area contributed by atoms with Crippen LogP contribution >= 0.6 is 34.4 Å². The number of hydrogen-bond acceptors (Lipinski definition) is 8. The lowest BCUT2D eigenvalue weighted by Gasteiger charge is -1.98. The summed E-state index contributed by atoms with van der Waals surface area (Å²) in [4.78, 5) is 15.8. The van der Waals surface area contributed by atoms with Gasteiger partial charge in [-0.25, -0.2) is 4.98 Å². The summed E-state index contributed by atoms with van der Waals surface area (Å²) >= 11 is 4.20. The van der Waals surface area contributed by atoms with Crippen molar-refractivity contribution >= 4 is 50.6 Å². The first-order valence-electron chi connectivity index (χ1n) is 5.03. The van der Waals surface area contributed by atoms with E-state index in [-0.39, 0.29) is 5.91 Å². The fourth-order valence-corrected chi connectivity index (χ4v) is 3.27. The minimum Gasteiger partial charge on any atom is -0.363 e. The summed E-state index contributed by atoms with van der Waals surface area (Å²) < 4.78 is 0.768. The first-order chi connectivity index (χ1) is 8.67. The molecule has 0 bridgehead atoms. The predicted molar refractivity (Wildman–Crippen MR) is 75.7 cm³/mol. The molecule has 0 aromatic carbocycles. The zero-order valence-corrected chi connectivity index (χ0v) is 12.2. The molecule has 0 aliphatic carbocycles. The highest BCUT2D eigenvalue weighted by Crippen LogP contribution is 2.25. The lowest BCUT2D eigenvalue weighted by atomic mass is 10.6. The summed E-state index contributed by atoms with van der Waals surface area (Å²) in [5.74, 6) is 0.215. The van der Waals surface area contributed by atoms with Gasteiger partial charge in [0.2, 0.25) is 11.0 Å². The monoisotopic (exact) mass is 301 g/mol. The van der Waals surface area contributed by atoms with Crippen molar-refractivity contribution in [3.8, 4) is 0 Å². The van der Waals surface area contributed by atoms with Crippen molar-refractivity contribution in [2.75, 3.05) is 23.4 Å². The molecule has 1 amide bonds. The Bertz CT molecular complexity index is 538. The molecular formula is C9H11N5OS3. The van der Waals surface area contributed by atoms with Gasteiger partial charge in [0, 0.05) is 12.4 Å². The van der Waals surface area contributed by atoms with Crippen LogP contribution in [0.25, 0.3) is 0 Å². The molecule has 0 aliphatic rings. The molecule has 0 spiro atoms. The quantitative estimate of drug-likeness (QED) is 0.823. The highest BCUT2D eigenvalue weighted by atomic mass is 32.2. The van der Waals surface area contributed by atoms with Crippen molar-refractivity contribution in [2.24, 2.45) is 0 Å². The first-order valence-corrected chi connectivity index (χ1v) is 7.71. The molecular weight excluding hydrogens is 290 g/mol. The molecule has 2 aromatic rings. The summed E-state index contributed by atoms with van der Waals surface area (Å²) in [7, 11) is 1.78. The molecule has 0 atom stereocenters. The van der Waals surface area contributed by atoms with Gasteiger partial charge in [0.1, 0.15) is 0 Å². The average Bonchev–Trinajstić information content (AvgIpc) is 2.95. The number of nitrogens with one attached hydrogen (secondary N) is 2. The summed E-state index contributed by atoms with van der Waals surface area (Å²) in [6, 6.07) is 0. The van der Waals surface area contributed by atoms with Gasteiger partial charge in [-0.2, -0.15) is 0 Å². The molecule has 2 heterocycles. The van der Waals surface area contributed by atoms with E-state index in [0.29, 0.717) is 10.9 Å². The van der Waals surface area contributed by atoms with Gasteiger partial charge >= 0.3 is 0 Å². The topological polar surface area (TPSA) is 79.8 Å². The molecule has 96 valence electrons. The van der Waals surface area contributed by atoms with E-state index in [9.17, 15) is 4.79 Å². The van der Waals surface area contributed by atoms with E-state index in [2.05, 4.69) is 25.8 Å². The zero-order chi connectivity index (χ0) is 13.0. The zero-order valence-electron chi connectivity index (χ0n) is 9.76. The van der Waals surface area contributed by atoms with E-state index in [1.54, 1.807) is 7.05 Å². The van der Waals surface area contributed by atoms with Crippen LogP contribution in [0.3, 0.4) is 0 Å². The highest BCUT2D eigenvalue weighted by molar-refractivity contribution is 8.01. The molecule has 0 saturated heterocycles. The predicted octanol–water partition coefficient (Wildman–Crippen LogP) is 2.08. The van der Waals surface area contributed by atoms with Gasteiger partial charge in [0.05, 0.1) is 11.4 Å². The lowest BCUT2D eigenvalue weighted by Crippen LogP contribution is -2.13. The van der Waals surface area contributed by atoms with Crippen LogP contribution in [0.5, 0.6) is 0 Å². The number of anilines is 2. The maximum Gasteiger partial charge on any atom is 0.236 e. The molecule has 2 rings (SSSR count). The van der Waals surface area contributed by atoms with E-state index in [0.717, 1.165) is 15.2 Å². The number of aromatic nitrogens is 3. The molecule has 0 saturated carbocycles. The highest BCUT2D eigenvalue weighted by Gasteiger charge is 2.09. The molecule has 0 aliphatic heterocycles. The van der Waals surface area contributed by atoms with Crippen LogP contribution in [-0.2, 0) is 4.79 Å². The smallest absolute Gasteiger partial charge is 0.236 e. The molecule has 18 heavy (non-hydrogen) atoms. The number of nitrogens with zero attached hydrogens (tertiary/aromatic N) is 3.